The van der Waals surface area contributed by atoms with Gasteiger partial charge in [-0.1, -0.05) is 6.08 Å². The van der Waals surface area contributed by atoms with Gasteiger partial charge in [0.25, 0.3) is 11.1 Å². The minimum Gasteiger partial charge on any atom is -0.467 e. The highest BCUT2D eigenvalue weighted by molar-refractivity contribution is 8.18. The van der Waals surface area contributed by atoms with E-state index in [-0.39, 0.29) is 4.91 Å². The number of carbonyl (C=O) groups is 3. The second-order valence-corrected chi connectivity index (χ2v) is 5.14. The smallest absolute Gasteiger partial charge is 0.328 e. The SMILES string of the molecule is COC(=O)[C@@H](C)N1C(=O)S/C(=C/C=C/c2ccco2)C1=O. The Morgan fingerprint density at radius 3 is 2.86 bits per heavy atom. The summed E-state index contributed by atoms with van der Waals surface area (Å²) in [6.07, 6.45) is 6.32. The van der Waals surface area contributed by atoms with Gasteiger partial charge in [0, 0.05) is 0 Å². The molecule has 0 aliphatic carbocycles. The van der Waals surface area contributed by atoms with Crippen LogP contribution in [0.15, 0.2) is 39.9 Å². The first-order valence-electron chi connectivity index (χ1n) is 6.09. The molecule has 1 aliphatic heterocycles. The number of rotatable bonds is 4. The molecule has 1 aromatic heterocycles. The van der Waals surface area contributed by atoms with Gasteiger partial charge in [-0.15, -0.1) is 0 Å². The minimum absolute atomic E-state index is 0.249. The van der Waals surface area contributed by atoms with Gasteiger partial charge in [-0.3, -0.25) is 14.5 Å². The molecule has 1 saturated heterocycles. The summed E-state index contributed by atoms with van der Waals surface area (Å²) < 4.78 is 9.65. The van der Waals surface area contributed by atoms with Crippen LogP contribution in [0.25, 0.3) is 6.08 Å². The highest BCUT2D eigenvalue weighted by Crippen LogP contribution is 2.32. The molecular weight excluding hydrogens is 294 g/mol. The lowest BCUT2D eigenvalue weighted by molar-refractivity contribution is -0.148. The predicted molar refractivity (Wildman–Crippen MR) is 77.1 cm³/mol. The maximum absolute atomic E-state index is 12.1. The van der Waals surface area contributed by atoms with E-state index in [2.05, 4.69) is 4.74 Å². The van der Waals surface area contributed by atoms with Crippen LogP contribution in [0, 0.1) is 0 Å². The zero-order chi connectivity index (χ0) is 15.4. The number of methoxy groups -OCH3 is 1. The Morgan fingerprint density at radius 1 is 1.48 bits per heavy atom. The van der Waals surface area contributed by atoms with Crippen molar-refractivity contribution in [2.45, 2.75) is 13.0 Å². The van der Waals surface area contributed by atoms with Crippen LogP contribution in [0.3, 0.4) is 0 Å². The molecular formula is C14H13NO5S. The van der Waals surface area contributed by atoms with Gasteiger partial charge in [-0.05, 0) is 43.0 Å². The van der Waals surface area contributed by atoms with Gasteiger partial charge >= 0.3 is 5.97 Å². The Morgan fingerprint density at radius 2 is 2.24 bits per heavy atom. The van der Waals surface area contributed by atoms with E-state index in [9.17, 15) is 14.4 Å². The average Bonchev–Trinajstić information content (AvgIpc) is 3.07. The van der Waals surface area contributed by atoms with E-state index in [1.165, 1.54) is 26.4 Å². The van der Waals surface area contributed by atoms with Crippen LogP contribution in [0.2, 0.25) is 0 Å². The Labute approximate surface area is 125 Å². The highest BCUT2D eigenvalue weighted by atomic mass is 32.2. The second-order valence-electron chi connectivity index (χ2n) is 4.15. The third kappa shape index (κ3) is 3.25. The maximum atomic E-state index is 12.1. The highest BCUT2D eigenvalue weighted by Gasteiger charge is 2.40. The first-order valence-corrected chi connectivity index (χ1v) is 6.91. The van der Waals surface area contributed by atoms with Crippen molar-refractivity contribution in [1.29, 1.82) is 0 Å². The van der Waals surface area contributed by atoms with Gasteiger partial charge in [0.05, 0.1) is 18.3 Å². The molecule has 110 valence electrons. The molecule has 0 aromatic carbocycles. The lowest BCUT2D eigenvalue weighted by Crippen LogP contribution is -2.42. The predicted octanol–water partition coefficient (Wildman–Crippen LogP) is 2.43. The summed E-state index contributed by atoms with van der Waals surface area (Å²) in [7, 11) is 1.21. The molecule has 0 saturated carbocycles. The molecule has 1 aromatic rings. The normalized spacial score (nSPS) is 18.8. The quantitative estimate of drug-likeness (QED) is 0.628. The number of amides is 2. The fraction of sp³-hybridized carbons (Fsp3) is 0.214. The van der Waals surface area contributed by atoms with Gasteiger partial charge in [0.1, 0.15) is 11.8 Å². The van der Waals surface area contributed by atoms with Gasteiger partial charge < -0.3 is 9.15 Å². The number of allylic oxidation sites excluding steroid dienone is 2. The number of imide groups is 1. The van der Waals surface area contributed by atoms with Crippen molar-refractivity contribution >= 4 is 35.0 Å². The monoisotopic (exact) mass is 307 g/mol. The van der Waals surface area contributed by atoms with E-state index in [4.69, 9.17) is 4.42 Å². The molecule has 6 nitrogen and oxygen atoms in total. The van der Waals surface area contributed by atoms with E-state index in [0.29, 0.717) is 5.76 Å². The molecule has 1 fully saturated rings. The first kappa shape index (κ1) is 15.1. The van der Waals surface area contributed by atoms with Crippen LogP contribution in [0.1, 0.15) is 12.7 Å². The summed E-state index contributed by atoms with van der Waals surface area (Å²) in [6.45, 7) is 1.45. The van der Waals surface area contributed by atoms with Gasteiger partial charge in [-0.2, -0.15) is 0 Å². The molecule has 0 radical (unpaired) electrons. The van der Waals surface area contributed by atoms with Gasteiger partial charge in [0.2, 0.25) is 0 Å². The zero-order valence-corrected chi connectivity index (χ0v) is 12.3. The zero-order valence-electron chi connectivity index (χ0n) is 11.4. The van der Waals surface area contributed by atoms with Crippen molar-refractivity contribution in [2.75, 3.05) is 7.11 Å². The molecule has 0 unspecified atom stereocenters. The number of hydrogen-bond acceptors (Lipinski definition) is 6. The summed E-state index contributed by atoms with van der Waals surface area (Å²) in [5.74, 6) is -0.509. The Hall–Kier alpha value is -2.28. The fourth-order valence-corrected chi connectivity index (χ4v) is 2.58. The third-order valence-corrected chi connectivity index (χ3v) is 3.71. The molecule has 21 heavy (non-hydrogen) atoms. The summed E-state index contributed by atoms with van der Waals surface area (Å²) >= 11 is 0.784. The Bertz CT molecular complexity index is 617. The molecule has 1 aliphatic rings. The second kappa shape index (κ2) is 6.45. The summed E-state index contributed by atoms with van der Waals surface area (Å²) in [5.41, 5.74) is 0. The average molecular weight is 307 g/mol. The standard InChI is InChI=1S/C14H13NO5S/c1-9(13(17)19-2)15-12(16)11(21-14(15)18)7-3-5-10-6-4-8-20-10/h3-9H,1-2H3/b5-3+,11-7+/t9-/m1/s1. The number of esters is 1. The van der Waals surface area contributed by atoms with Crippen molar-refractivity contribution < 1.29 is 23.5 Å². The lowest BCUT2D eigenvalue weighted by atomic mass is 10.3. The molecule has 0 spiro atoms. The molecule has 0 bridgehead atoms. The van der Waals surface area contributed by atoms with Crippen LogP contribution < -0.4 is 0 Å². The number of ether oxygens (including phenoxy) is 1. The fourth-order valence-electron chi connectivity index (χ4n) is 1.72. The number of hydrogen-bond donors (Lipinski definition) is 0. The molecule has 7 heteroatoms. The first-order chi connectivity index (χ1) is 10.0. The van der Waals surface area contributed by atoms with Crippen LogP contribution in [-0.4, -0.2) is 35.2 Å². The van der Waals surface area contributed by atoms with E-state index in [1.807, 2.05) is 0 Å². The molecule has 2 amide bonds. The van der Waals surface area contributed by atoms with E-state index in [1.54, 1.807) is 24.3 Å². The molecule has 0 N–H and O–H groups in total. The molecule has 2 rings (SSSR count). The van der Waals surface area contributed by atoms with Gasteiger partial charge in [-0.25, -0.2) is 4.79 Å². The largest absolute Gasteiger partial charge is 0.467 e. The number of thioether (sulfide) groups is 1. The van der Waals surface area contributed by atoms with Crippen molar-refractivity contribution in [3.05, 3.63) is 41.2 Å². The van der Waals surface area contributed by atoms with Crippen LogP contribution in [-0.2, 0) is 14.3 Å². The van der Waals surface area contributed by atoms with Crippen molar-refractivity contribution in [3.63, 3.8) is 0 Å². The third-order valence-electron chi connectivity index (χ3n) is 2.80. The molecule has 1 atom stereocenters. The summed E-state index contributed by atoms with van der Waals surface area (Å²) in [5, 5.41) is -0.490. The summed E-state index contributed by atoms with van der Waals surface area (Å²) in [6, 6.07) is 2.56. The van der Waals surface area contributed by atoms with E-state index < -0.39 is 23.2 Å². The van der Waals surface area contributed by atoms with Crippen molar-refractivity contribution in [3.8, 4) is 0 Å². The minimum atomic E-state index is -0.942. The Balaban J connectivity index is 2.12. The summed E-state index contributed by atoms with van der Waals surface area (Å²) in [4.78, 5) is 36.5. The van der Waals surface area contributed by atoms with E-state index in [0.717, 1.165) is 16.7 Å². The number of carbonyl (C=O) groups excluding carboxylic acids is 3. The van der Waals surface area contributed by atoms with Crippen LogP contribution in [0.4, 0.5) is 4.79 Å². The Kier molecular flexibility index (Phi) is 4.64. The lowest BCUT2D eigenvalue weighted by Gasteiger charge is -2.18. The van der Waals surface area contributed by atoms with Crippen molar-refractivity contribution in [2.24, 2.45) is 0 Å². The number of furan rings is 1. The maximum Gasteiger partial charge on any atom is 0.328 e. The van der Waals surface area contributed by atoms with Gasteiger partial charge in [0.15, 0.2) is 0 Å². The van der Waals surface area contributed by atoms with Crippen LogP contribution >= 0.6 is 11.8 Å². The topological polar surface area (TPSA) is 76.8 Å². The van der Waals surface area contributed by atoms with Crippen molar-refractivity contribution in [1.82, 2.24) is 4.90 Å². The van der Waals surface area contributed by atoms with Crippen LogP contribution in [0.5, 0.6) is 0 Å². The number of nitrogens with zero attached hydrogens (tertiary/aromatic N) is 1. The van der Waals surface area contributed by atoms with E-state index >= 15 is 0 Å². The molecule has 2 heterocycles.